The van der Waals surface area contributed by atoms with E-state index in [0.717, 1.165) is 77.9 Å². The van der Waals surface area contributed by atoms with Crippen molar-refractivity contribution in [2.75, 3.05) is 0 Å². The summed E-state index contributed by atoms with van der Waals surface area (Å²) in [4.78, 5) is 19.0. The first-order chi connectivity index (χ1) is 29.2. The summed E-state index contributed by atoms with van der Waals surface area (Å²) < 4.78 is 11.0. The van der Waals surface area contributed by atoms with Crippen molar-refractivity contribution >= 4 is 54.8 Å². The molecule has 0 bridgehead atoms. The largest absolute Gasteiger partial charge is 0.456 e. The van der Waals surface area contributed by atoms with Crippen LogP contribution in [-0.2, 0) is 0 Å². The Labute approximate surface area is 337 Å². The summed E-state index contributed by atoms with van der Waals surface area (Å²) in [5, 5.41) is 4.56. The van der Waals surface area contributed by atoms with E-state index in [0.29, 0.717) is 17.5 Å². The molecule has 0 radical (unpaired) electrons. The van der Waals surface area contributed by atoms with E-state index in [1.807, 2.05) is 60.7 Å². The number of nitrogens with one attached hydrogen (secondary N) is 1. The number of hydrogen-bond acceptors (Lipinski definition) is 4. The summed E-state index contributed by atoms with van der Waals surface area (Å²) in [6, 6.07) is 63.5. The maximum absolute atomic E-state index is 6.14. The van der Waals surface area contributed by atoms with Crippen LogP contribution in [0.2, 0.25) is 0 Å². The predicted molar refractivity (Wildman–Crippen MR) is 236 cm³/mol. The molecule has 8 aromatic carbocycles. The third-order valence-corrected chi connectivity index (χ3v) is 11.8. The zero-order chi connectivity index (χ0) is 38.6. The lowest BCUT2D eigenvalue weighted by molar-refractivity contribution is -0.553. The van der Waals surface area contributed by atoms with Crippen molar-refractivity contribution in [2.45, 2.75) is 0 Å². The molecule has 0 saturated heterocycles. The monoisotopic (exact) mass is 755 g/mol. The van der Waals surface area contributed by atoms with E-state index in [1.165, 1.54) is 27.4 Å². The highest BCUT2D eigenvalue weighted by molar-refractivity contribution is 6.24. The van der Waals surface area contributed by atoms with Crippen LogP contribution in [0, 0.1) is 0 Å². The molecule has 59 heavy (non-hydrogen) atoms. The van der Waals surface area contributed by atoms with Crippen LogP contribution in [0.4, 0.5) is 0 Å². The third-order valence-electron chi connectivity index (χ3n) is 11.8. The van der Waals surface area contributed by atoms with Crippen LogP contribution in [0.3, 0.4) is 0 Å². The first-order valence-electron chi connectivity index (χ1n) is 19.8. The highest BCUT2D eigenvalue weighted by Gasteiger charge is 2.32. The van der Waals surface area contributed by atoms with Gasteiger partial charge in [0, 0.05) is 44.1 Å². The van der Waals surface area contributed by atoms with Crippen LogP contribution >= 0.6 is 0 Å². The van der Waals surface area contributed by atoms with Gasteiger partial charge in [-0.2, -0.15) is 4.57 Å². The minimum atomic E-state index is 0.605. The molecule has 0 aliphatic carbocycles. The van der Waals surface area contributed by atoms with Crippen molar-refractivity contribution in [1.29, 1.82) is 0 Å². The molecule has 1 aliphatic heterocycles. The second-order valence-corrected chi connectivity index (χ2v) is 15.1. The number of fused-ring (bicyclic) bond motifs is 6. The normalized spacial score (nSPS) is 12.1. The second kappa shape index (κ2) is 12.2. The summed E-state index contributed by atoms with van der Waals surface area (Å²) in [7, 11) is 0. The van der Waals surface area contributed by atoms with Crippen LogP contribution < -0.4 is 4.57 Å². The molecule has 7 heteroatoms. The highest BCUT2D eigenvalue weighted by atomic mass is 16.3. The molecule has 0 atom stereocenters. The highest BCUT2D eigenvalue weighted by Crippen LogP contribution is 2.45. The first kappa shape index (κ1) is 32.0. The van der Waals surface area contributed by atoms with Gasteiger partial charge < -0.3 is 8.98 Å². The fourth-order valence-electron chi connectivity index (χ4n) is 9.17. The van der Waals surface area contributed by atoms with E-state index < -0.39 is 0 Å². The van der Waals surface area contributed by atoms with Gasteiger partial charge in [0.2, 0.25) is 0 Å². The zero-order valence-corrected chi connectivity index (χ0v) is 31.5. The summed E-state index contributed by atoms with van der Waals surface area (Å²) in [6.07, 6.45) is 0. The number of imidazole rings is 1. The third kappa shape index (κ3) is 4.70. The van der Waals surface area contributed by atoms with Crippen LogP contribution in [0.1, 0.15) is 0 Å². The molecule has 0 spiro atoms. The van der Waals surface area contributed by atoms with Gasteiger partial charge in [-0.25, -0.2) is 19.9 Å². The smallest absolute Gasteiger partial charge is 0.292 e. The van der Waals surface area contributed by atoms with Crippen molar-refractivity contribution in [3.05, 3.63) is 182 Å². The van der Waals surface area contributed by atoms with Crippen LogP contribution in [-0.4, -0.2) is 24.5 Å². The van der Waals surface area contributed by atoms with E-state index in [1.54, 1.807) is 0 Å². The standard InChI is InChI=1S/C52H30N6O/c1-3-12-31(13-4-1)49-54-50(56-51(55-49)34-24-29-45-39(30-34)37-17-8-10-21-44(37)59-45)32-22-25-35(26-23-32)57-42-20-11-18-38-36-16-7-9-19-41(36)58-48-40(27-28-43(57)47(48)46(38)42)53-52(58)33-14-5-2-6-15-33/h1-30H/p+1. The number of aromatic amines is 1. The summed E-state index contributed by atoms with van der Waals surface area (Å²) in [5.41, 5.74) is 14.8. The molecule has 0 fully saturated rings. The SMILES string of the molecule is c1ccc(-c2nc(-c3ccc(-n4c5cccc6c5c5c4ccc4[nH]c(-c7ccccc7)[n+](c45)-c4ccccc4-6)cc3)nc(-c3ccc4oc5ccccc5c4c3)n2)cc1. The number of H-pyrrole nitrogens is 1. The lowest BCUT2D eigenvalue weighted by Gasteiger charge is -2.12. The molecule has 0 amide bonds. The van der Waals surface area contributed by atoms with Crippen molar-refractivity contribution in [1.82, 2.24) is 24.5 Å². The molecule has 5 heterocycles. The Morgan fingerprint density at radius 1 is 0.458 bits per heavy atom. The maximum Gasteiger partial charge on any atom is 0.292 e. The number of furan rings is 1. The number of para-hydroxylation sites is 2. The number of nitrogens with zero attached hydrogens (tertiary/aromatic N) is 5. The van der Waals surface area contributed by atoms with Crippen molar-refractivity contribution < 1.29 is 8.98 Å². The van der Waals surface area contributed by atoms with Crippen LogP contribution in [0.5, 0.6) is 0 Å². The van der Waals surface area contributed by atoms with Gasteiger partial charge in [-0.05, 0) is 90.5 Å². The van der Waals surface area contributed by atoms with Gasteiger partial charge >= 0.3 is 0 Å². The fraction of sp³-hybridized carbons (Fsp3) is 0. The molecule has 13 rings (SSSR count). The Morgan fingerprint density at radius 3 is 1.90 bits per heavy atom. The Bertz CT molecular complexity index is 3660. The average Bonchev–Trinajstić information content (AvgIpc) is 3.96. The van der Waals surface area contributed by atoms with Crippen molar-refractivity contribution in [3.8, 4) is 68.1 Å². The van der Waals surface area contributed by atoms with E-state index >= 15 is 0 Å². The zero-order valence-electron chi connectivity index (χ0n) is 31.5. The topological polar surface area (TPSA) is 76.4 Å². The summed E-state index contributed by atoms with van der Waals surface area (Å²) in [6.45, 7) is 0. The Morgan fingerprint density at radius 2 is 1.08 bits per heavy atom. The number of benzene rings is 8. The Hall–Kier alpha value is -8.16. The van der Waals surface area contributed by atoms with Gasteiger partial charge in [-0.3, -0.25) is 0 Å². The Kier molecular flexibility index (Phi) is 6.60. The number of aromatic nitrogens is 6. The van der Waals surface area contributed by atoms with Gasteiger partial charge in [0.25, 0.3) is 5.82 Å². The lowest BCUT2D eigenvalue weighted by atomic mass is 9.99. The van der Waals surface area contributed by atoms with E-state index in [9.17, 15) is 0 Å². The summed E-state index contributed by atoms with van der Waals surface area (Å²) >= 11 is 0. The number of rotatable bonds is 5. The van der Waals surface area contributed by atoms with E-state index in [2.05, 4.69) is 135 Å². The molecule has 1 N–H and O–H groups in total. The molecule has 0 saturated carbocycles. The molecule has 1 aliphatic rings. The van der Waals surface area contributed by atoms with Gasteiger partial charge in [0.1, 0.15) is 16.9 Å². The number of hydrogen-bond donors (Lipinski definition) is 1. The predicted octanol–water partition coefficient (Wildman–Crippen LogP) is 12.3. The maximum atomic E-state index is 6.14. The Balaban J connectivity index is 0.995. The van der Waals surface area contributed by atoms with Crippen LogP contribution in [0.25, 0.3) is 123 Å². The van der Waals surface area contributed by atoms with E-state index in [-0.39, 0.29) is 0 Å². The molecule has 4 aromatic heterocycles. The second-order valence-electron chi connectivity index (χ2n) is 15.1. The average molecular weight is 756 g/mol. The van der Waals surface area contributed by atoms with Gasteiger partial charge in [-0.1, -0.05) is 97.1 Å². The van der Waals surface area contributed by atoms with Gasteiger partial charge in [-0.15, -0.1) is 0 Å². The molecular weight excluding hydrogens is 725 g/mol. The van der Waals surface area contributed by atoms with Crippen molar-refractivity contribution in [3.63, 3.8) is 0 Å². The van der Waals surface area contributed by atoms with Gasteiger partial charge in [0.05, 0.1) is 22.0 Å². The first-order valence-corrected chi connectivity index (χ1v) is 19.8. The van der Waals surface area contributed by atoms with E-state index in [4.69, 9.17) is 19.4 Å². The van der Waals surface area contributed by atoms with Crippen LogP contribution in [0.15, 0.2) is 186 Å². The van der Waals surface area contributed by atoms with Crippen molar-refractivity contribution in [2.24, 2.45) is 0 Å². The molecular formula is C52H31N6O+. The fourth-order valence-corrected chi connectivity index (χ4v) is 9.17. The molecule has 7 nitrogen and oxygen atoms in total. The van der Waals surface area contributed by atoms with Gasteiger partial charge in [0.15, 0.2) is 28.5 Å². The lowest BCUT2D eigenvalue weighted by Crippen LogP contribution is -2.32. The summed E-state index contributed by atoms with van der Waals surface area (Å²) in [5.74, 6) is 2.89. The molecule has 274 valence electrons. The molecule has 12 aromatic rings. The quantitative estimate of drug-likeness (QED) is 0.177. The minimum Gasteiger partial charge on any atom is -0.456 e. The minimum absolute atomic E-state index is 0.605. The molecule has 0 unspecified atom stereocenters.